The van der Waals surface area contributed by atoms with Gasteiger partial charge >= 0.3 is 0 Å². The zero-order valence-electron chi connectivity index (χ0n) is 14.3. The van der Waals surface area contributed by atoms with Crippen LogP contribution in [0.1, 0.15) is 36.1 Å². The van der Waals surface area contributed by atoms with Crippen LogP contribution in [-0.4, -0.2) is 21.1 Å². The van der Waals surface area contributed by atoms with E-state index in [0.717, 1.165) is 15.8 Å². The van der Waals surface area contributed by atoms with Gasteiger partial charge in [-0.1, -0.05) is 38.1 Å². The smallest absolute Gasteiger partial charge is 0.274 e. The Labute approximate surface area is 153 Å². The third-order valence-electron chi connectivity index (χ3n) is 3.87. The van der Waals surface area contributed by atoms with Crippen molar-refractivity contribution in [3.05, 3.63) is 59.4 Å². The monoisotopic (exact) mass is 364 g/mol. The van der Waals surface area contributed by atoms with Crippen LogP contribution in [0.5, 0.6) is 0 Å². The van der Waals surface area contributed by atoms with Gasteiger partial charge in [-0.15, -0.1) is 21.5 Å². The Kier molecular flexibility index (Phi) is 4.22. The highest BCUT2D eigenvalue weighted by molar-refractivity contribution is 7.14. The number of hydrogen-bond donors (Lipinski definition) is 1. The first-order valence-electron chi connectivity index (χ1n) is 8.20. The number of rotatable bonds is 4. The highest BCUT2D eigenvalue weighted by Gasteiger charge is 2.18. The summed E-state index contributed by atoms with van der Waals surface area (Å²) < 4.78 is 5.70. The second-order valence-corrected chi connectivity index (χ2v) is 7.02. The molecule has 1 aromatic carbocycles. The van der Waals surface area contributed by atoms with Gasteiger partial charge in [-0.05, 0) is 23.6 Å². The number of thiophene rings is 1. The molecule has 0 saturated carbocycles. The Morgan fingerprint density at radius 3 is 2.77 bits per heavy atom. The molecule has 7 heteroatoms. The van der Waals surface area contributed by atoms with Crippen LogP contribution < -0.4 is 5.32 Å². The standard InChI is InChI=1S/C19H16N4O2S/c1-11(2)18-22-23-19(25-18)16-14(9-10-26-16)21-17(24)15-8-7-12-5-3-4-6-13(12)20-15/h3-11H,1-2H3,(H,21,24). The Morgan fingerprint density at radius 1 is 1.12 bits per heavy atom. The SMILES string of the molecule is CC(C)c1nnc(-c2sccc2NC(=O)c2ccc3ccccc3n2)o1. The molecule has 0 saturated heterocycles. The second kappa shape index (κ2) is 6.68. The first kappa shape index (κ1) is 16.4. The molecule has 4 aromatic rings. The molecule has 0 spiro atoms. The van der Waals surface area contributed by atoms with Gasteiger partial charge in [0.25, 0.3) is 11.8 Å². The van der Waals surface area contributed by atoms with Gasteiger partial charge in [-0.3, -0.25) is 4.79 Å². The van der Waals surface area contributed by atoms with E-state index < -0.39 is 0 Å². The first-order valence-corrected chi connectivity index (χ1v) is 9.08. The summed E-state index contributed by atoms with van der Waals surface area (Å²) >= 11 is 1.44. The number of nitrogens with zero attached hydrogens (tertiary/aromatic N) is 3. The molecule has 0 aliphatic rings. The predicted octanol–water partition coefficient (Wildman–Crippen LogP) is 4.72. The summed E-state index contributed by atoms with van der Waals surface area (Å²) in [6, 6.07) is 13.1. The van der Waals surface area contributed by atoms with E-state index in [1.54, 1.807) is 6.07 Å². The fourth-order valence-corrected chi connectivity index (χ4v) is 3.28. The number of carbonyl (C=O) groups is 1. The summed E-state index contributed by atoms with van der Waals surface area (Å²) in [5, 5.41) is 13.9. The summed E-state index contributed by atoms with van der Waals surface area (Å²) in [6.45, 7) is 3.97. The molecule has 26 heavy (non-hydrogen) atoms. The molecule has 0 bridgehead atoms. The van der Waals surface area contributed by atoms with E-state index in [9.17, 15) is 4.79 Å². The zero-order valence-corrected chi connectivity index (χ0v) is 15.1. The lowest BCUT2D eigenvalue weighted by Crippen LogP contribution is -2.13. The van der Waals surface area contributed by atoms with E-state index in [2.05, 4.69) is 20.5 Å². The van der Waals surface area contributed by atoms with Crippen molar-refractivity contribution >= 4 is 33.8 Å². The van der Waals surface area contributed by atoms with Gasteiger partial charge < -0.3 is 9.73 Å². The molecule has 6 nitrogen and oxygen atoms in total. The van der Waals surface area contributed by atoms with Crippen LogP contribution in [0.4, 0.5) is 5.69 Å². The molecular formula is C19H16N4O2S. The third-order valence-corrected chi connectivity index (χ3v) is 4.78. The van der Waals surface area contributed by atoms with Gasteiger partial charge in [0.1, 0.15) is 10.6 Å². The maximum Gasteiger partial charge on any atom is 0.274 e. The average molecular weight is 364 g/mol. The highest BCUT2D eigenvalue weighted by atomic mass is 32.1. The Balaban J connectivity index is 1.60. The largest absolute Gasteiger partial charge is 0.420 e. The molecule has 4 rings (SSSR count). The third kappa shape index (κ3) is 3.09. The van der Waals surface area contributed by atoms with E-state index in [0.29, 0.717) is 23.2 Å². The van der Waals surface area contributed by atoms with Crippen molar-refractivity contribution in [1.29, 1.82) is 0 Å². The molecule has 1 N–H and O–H groups in total. The number of para-hydroxylation sites is 1. The van der Waals surface area contributed by atoms with Gasteiger partial charge in [-0.2, -0.15) is 0 Å². The number of aromatic nitrogens is 3. The molecule has 0 aliphatic carbocycles. The lowest BCUT2D eigenvalue weighted by molar-refractivity contribution is 0.102. The molecule has 0 radical (unpaired) electrons. The number of benzene rings is 1. The van der Waals surface area contributed by atoms with Crippen LogP contribution >= 0.6 is 11.3 Å². The Hall–Kier alpha value is -3.06. The topological polar surface area (TPSA) is 80.9 Å². The van der Waals surface area contributed by atoms with Crippen molar-refractivity contribution in [2.75, 3.05) is 5.32 Å². The van der Waals surface area contributed by atoms with Gasteiger partial charge in [0.15, 0.2) is 0 Å². The average Bonchev–Trinajstić information content (AvgIpc) is 3.30. The normalized spacial score (nSPS) is 11.2. The fraction of sp³-hybridized carbons (Fsp3) is 0.158. The molecule has 0 aliphatic heterocycles. The van der Waals surface area contributed by atoms with Crippen LogP contribution in [0, 0.1) is 0 Å². The molecule has 130 valence electrons. The van der Waals surface area contributed by atoms with Crippen molar-refractivity contribution in [1.82, 2.24) is 15.2 Å². The minimum absolute atomic E-state index is 0.149. The van der Waals surface area contributed by atoms with Crippen molar-refractivity contribution in [2.24, 2.45) is 0 Å². The van der Waals surface area contributed by atoms with Crippen molar-refractivity contribution in [3.8, 4) is 10.8 Å². The van der Waals surface area contributed by atoms with Crippen molar-refractivity contribution < 1.29 is 9.21 Å². The molecule has 3 aromatic heterocycles. The van der Waals surface area contributed by atoms with Crippen LogP contribution in [-0.2, 0) is 0 Å². The molecule has 1 amide bonds. The number of nitrogens with one attached hydrogen (secondary N) is 1. The van der Waals surface area contributed by atoms with Crippen LogP contribution in [0.3, 0.4) is 0 Å². The summed E-state index contributed by atoms with van der Waals surface area (Å²) in [7, 11) is 0. The van der Waals surface area contributed by atoms with E-state index in [1.165, 1.54) is 11.3 Å². The molecule has 0 fully saturated rings. The summed E-state index contributed by atoms with van der Waals surface area (Å²) in [6.07, 6.45) is 0. The Morgan fingerprint density at radius 2 is 1.96 bits per heavy atom. The molecule has 0 atom stereocenters. The van der Waals surface area contributed by atoms with Crippen molar-refractivity contribution in [2.45, 2.75) is 19.8 Å². The van der Waals surface area contributed by atoms with E-state index >= 15 is 0 Å². The number of hydrogen-bond acceptors (Lipinski definition) is 6. The van der Waals surface area contributed by atoms with Gasteiger partial charge in [0, 0.05) is 11.3 Å². The van der Waals surface area contributed by atoms with Crippen molar-refractivity contribution in [3.63, 3.8) is 0 Å². The first-order chi connectivity index (χ1) is 12.6. The summed E-state index contributed by atoms with van der Waals surface area (Å²) in [5.74, 6) is 0.849. The predicted molar refractivity (Wildman–Crippen MR) is 101 cm³/mol. The molecular weight excluding hydrogens is 348 g/mol. The number of carbonyl (C=O) groups excluding carboxylic acids is 1. The lowest BCUT2D eigenvalue weighted by Gasteiger charge is -2.05. The van der Waals surface area contributed by atoms with E-state index in [1.807, 2.05) is 55.6 Å². The second-order valence-electron chi connectivity index (χ2n) is 6.11. The summed E-state index contributed by atoms with van der Waals surface area (Å²) in [4.78, 5) is 17.8. The maximum absolute atomic E-state index is 12.6. The molecule has 0 unspecified atom stereocenters. The fourth-order valence-electron chi connectivity index (χ4n) is 2.51. The van der Waals surface area contributed by atoms with Gasteiger partial charge in [0.05, 0.1) is 11.2 Å². The van der Waals surface area contributed by atoms with Crippen LogP contribution in [0.2, 0.25) is 0 Å². The van der Waals surface area contributed by atoms with Gasteiger partial charge in [0.2, 0.25) is 5.89 Å². The van der Waals surface area contributed by atoms with Crippen LogP contribution in [0.25, 0.3) is 21.7 Å². The summed E-state index contributed by atoms with van der Waals surface area (Å²) in [5.41, 5.74) is 1.77. The molecule has 3 heterocycles. The van der Waals surface area contributed by atoms with Gasteiger partial charge in [-0.25, -0.2) is 4.98 Å². The minimum Gasteiger partial charge on any atom is -0.420 e. The minimum atomic E-state index is -0.279. The number of anilines is 1. The number of amides is 1. The van der Waals surface area contributed by atoms with E-state index in [-0.39, 0.29) is 11.8 Å². The maximum atomic E-state index is 12.6. The quantitative estimate of drug-likeness (QED) is 0.566. The number of pyridine rings is 1. The Bertz CT molecular complexity index is 1080. The highest BCUT2D eigenvalue weighted by Crippen LogP contribution is 2.33. The lowest BCUT2D eigenvalue weighted by atomic mass is 10.2. The van der Waals surface area contributed by atoms with E-state index in [4.69, 9.17) is 4.42 Å². The zero-order chi connectivity index (χ0) is 18.1. The number of fused-ring (bicyclic) bond motifs is 1. The van der Waals surface area contributed by atoms with Crippen LogP contribution in [0.15, 0.2) is 52.3 Å².